The van der Waals surface area contributed by atoms with Gasteiger partial charge in [0.1, 0.15) is 0 Å². The highest BCUT2D eigenvalue weighted by Crippen LogP contribution is 2.54. The lowest BCUT2D eigenvalue weighted by atomic mass is 9.81. The van der Waals surface area contributed by atoms with Crippen LogP contribution in [0.15, 0.2) is 182 Å². The summed E-state index contributed by atoms with van der Waals surface area (Å²) in [6, 6.07) is 66.3. The highest BCUT2D eigenvalue weighted by atomic mass is 14.9. The van der Waals surface area contributed by atoms with E-state index < -0.39 is 0 Å². The van der Waals surface area contributed by atoms with Crippen LogP contribution in [0.3, 0.4) is 0 Å². The summed E-state index contributed by atoms with van der Waals surface area (Å²) in [5, 5.41) is 2.52. The third-order valence-corrected chi connectivity index (χ3v) is 12.9. The summed E-state index contributed by atoms with van der Waals surface area (Å²) in [4.78, 5) is 10.6. The minimum atomic E-state index is -0.146. The van der Waals surface area contributed by atoms with E-state index in [1.807, 2.05) is 6.07 Å². The molecule has 276 valence electrons. The Morgan fingerprint density at radius 3 is 1.53 bits per heavy atom. The van der Waals surface area contributed by atoms with Gasteiger partial charge in [-0.2, -0.15) is 0 Å². The van der Waals surface area contributed by atoms with Crippen LogP contribution in [0.1, 0.15) is 49.9 Å². The number of hydrogen-bond donors (Lipinski definition) is 0. The molecular weight excluding hydrogens is 701 g/mol. The van der Waals surface area contributed by atoms with Gasteiger partial charge in [0.15, 0.2) is 5.82 Å². The van der Waals surface area contributed by atoms with Gasteiger partial charge in [0.25, 0.3) is 0 Å². The van der Waals surface area contributed by atoms with Crippen LogP contribution in [-0.4, -0.2) is 9.97 Å². The second-order valence-electron chi connectivity index (χ2n) is 17.0. The summed E-state index contributed by atoms with van der Waals surface area (Å²) in [5.74, 6) is 0.721. The molecule has 0 bridgehead atoms. The third kappa shape index (κ3) is 5.32. The van der Waals surface area contributed by atoms with E-state index >= 15 is 0 Å². The molecular formula is C56H42N2. The first-order valence-corrected chi connectivity index (χ1v) is 20.3. The van der Waals surface area contributed by atoms with Gasteiger partial charge in [-0.1, -0.05) is 173 Å². The fourth-order valence-corrected chi connectivity index (χ4v) is 9.72. The van der Waals surface area contributed by atoms with Gasteiger partial charge in [-0.25, -0.2) is 9.97 Å². The normalized spacial score (nSPS) is 14.1. The zero-order chi connectivity index (χ0) is 39.2. The number of benzene rings is 8. The van der Waals surface area contributed by atoms with Crippen molar-refractivity contribution in [1.82, 2.24) is 9.97 Å². The maximum atomic E-state index is 5.33. The molecule has 0 fully saturated rings. The summed E-state index contributed by atoms with van der Waals surface area (Å²) in [6.07, 6.45) is 0. The van der Waals surface area contributed by atoms with E-state index in [0.29, 0.717) is 0 Å². The molecule has 8 aromatic carbocycles. The van der Waals surface area contributed by atoms with E-state index in [4.69, 9.17) is 9.97 Å². The Kier molecular flexibility index (Phi) is 7.59. The van der Waals surface area contributed by atoms with Crippen molar-refractivity contribution < 1.29 is 0 Å². The Bertz CT molecular complexity index is 3100. The van der Waals surface area contributed by atoms with E-state index in [9.17, 15) is 0 Å². The van der Waals surface area contributed by atoms with Crippen molar-refractivity contribution in [3.8, 4) is 78.4 Å². The minimum absolute atomic E-state index is 0.134. The zero-order valence-corrected chi connectivity index (χ0v) is 33.2. The molecule has 0 saturated heterocycles. The molecule has 1 heterocycles. The quantitative estimate of drug-likeness (QED) is 0.175. The first-order valence-electron chi connectivity index (χ1n) is 20.3. The largest absolute Gasteiger partial charge is 0.228 e. The van der Waals surface area contributed by atoms with Gasteiger partial charge in [-0.3, -0.25) is 0 Å². The molecule has 2 heteroatoms. The molecule has 0 saturated carbocycles. The van der Waals surface area contributed by atoms with Gasteiger partial charge in [-0.05, 0) is 114 Å². The molecule has 0 spiro atoms. The van der Waals surface area contributed by atoms with Crippen molar-refractivity contribution in [3.63, 3.8) is 0 Å². The molecule has 0 N–H and O–H groups in total. The third-order valence-electron chi connectivity index (χ3n) is 12.9. The molecule has 2 aliphatic rings. The summed E-state index contributed by atoms with van der Waals surface area (Å²) >= 11 is 0. The maximum absolute atomic E-state index is 5.33. The van der Waals surface area contributed by atoms with E-state index in [2.05, 4.69) is 204 Å². The first kappa shape index (κ1) is 34.4. The fourth-order valence-electron chi connectivity index (χ4n) is 9.72. The predicted molar refractivity (Wildman–Crippen MR) is 242 cm³/mol. The lowest BCUT2D eigenvalue weighted by molar-refractivity contribution is 0.661. The highest BCUT2D eigenvalue weighted by molar-refractivity contribution is 5.98. The van der Waals surface area contributed by atoms with E-state index in [-0.39, 0.29) is 10.8 Å². The van der Waals surface area contributed by atoms with Gasteiger partial charge in [0.05, 0.1) is 11.4 Å². The van der Waals surface area contributed by atoms with Crippen LogP contribution >= 0.6 is 0 Å². The van der Waals surface area contributed by atoms with Crippen molar-refractivity contribution in [1.29, 1.82) is 0 Å². The van der Waals surface area contributed by atoms with Crippen LogP contribution < -0.4 is 0 Å². The Morgan fingerprint density at radius 1 is 0.310 bits per heavy atom. The molecule has 0 aliphatic heterocycles. The van der Waals surface area contributed by atoms with Crippen LogP contribution in [0, 0.1) is 0 Å². The van der Waals surface area contributed by atoms with Crippen LogP contribution in [0.5, 0.6) is 0 Å². The number of aromatic nitrogens is 2. The van der Waals surface area contributed by atoms with Gasteiger partial charge < -0.3 is 0 Å². The summed E-state index contributed by atoms with van der Waals surface area (Å²) < 4.78 is 0. The van der Waals surface area contributed by atoms with Crippen molar-refractivity contribution in [2.45, 2.75) is 38.5 Å². The molecule has 11 rings (SSSR count). The summed E-state index contributed by atoms with van der Waals surface area (Å²) in [6.45, 7) is 9.43. The lowest BCUT2D eigenvalue weighted by Crippen LogP contribution is -2.15. The van der Waals surface area contributed by atoms with E-state index in [0.717, 1.165) is 33.9 Å². The average molecular weight is 743 g/mol. The average Bonchev–Trinajstić information content (AvgIpc) is 3.64. The van der Waals surface area contributed by atoms with Crippen LogP contribution in [0.25, 0.3) is 89.2 Å². The number of fused-ring (bicyclic) bond motifs is 7. The first-order chi connectivity index (χ1) is 28.2. The molecule has 0 unspecified atom stereocenters. The topological polar surface area (TPSA) is 25.8 Å². The van der Waals surface area contributed by atoms with Crippen molar-refractivity contribution >= 4 is 10.8 Å². The van der Waals surface area contributed by atoms with Gasteiger partial charge in [-0.15, -0.1) is 0 Å². The predicted octanol–water partition coefficient (Wildman–Crippen LogP) is 14.6. The Hall–Kier alpha value is -6.90. The Balaban J connectivity index is 1.03. The molecule has 0 amide bonds. The molecule has 0 radical (unpaired) electrons. The Morgan fingerprint density at radius 2 is 0.828 bits per heavy atom. The van der Waals surface area contributed by atoms with Gasteiger partial charge in [0, 0.05) is 27.5 Å². The standard InChI is InChI=1S/C56H42N2/c1-55(2)47-24-14-23-45(53(47)46-30-38-19-11-12-20-39(38)31-50(46)55)52-34-51(57-54(58-52)36-17-9-6-10-18-36)42-22-13-21-37(29-42)41-26-28-44-43-27-25-40(35-15-7-5-8-16-35)32-48(43)56(3,4)49(44)33-41/h5-34H,1-4H3. The van der Waals surface area contributed by atoms with Crippen molar-refractivity contribution in [2.75, 3.05) is 0 Å². The maximum Gasteiger partial charge on any atom is 0.160 e. The lowest BCUT2D eigenvalue weighted by Gasteiger charge is -2.22. The van der Waals surface area contributed by atoms with Crippen LogP contribution in [0.2, 0.25) is 0 Å². The zero-order valence-electron chi connectivity index (χ0n) is 33.2. The monoisotopic (exact) mass is 742 g/mol. The van der Waals surface area contributed by atoms with E-state index in [1.165, 1.54) is 77.5 Å². The minimum Gasteiger partial charge on any atom is -0.228 e. The van der Waals surface area contributed by atoms with Crippen molar-refractivity contribution in [3.05, 3.63) is 204 Å². The molecule has 1 aromatic heterocycles. The molecule has 58 heavy (non-hydrogen) atoms. The Labute approximate surface area is 340 Å². The summed E-state index contributed by atoms with van der Waals surface area (Å²) in [5.41, 5.74) is 20.2. The highest BCUT2D eigenvalue weighted by Gasteiger charge is 2.38. The molecule has 2 aliphatic carbocycles. The smallest absolute Gasteiger partial charge is 0.160 e. The molecule has 2 nitrogen and oxygen atoms in total. The fraction of sp³-hybridized carbons (Fsp3) is 0.107. The van der Waals surface area contributed by atoms with Crippen LogP contribution in [0.4, 0.5) is 0 Å². The van der Waals surface area contributed by atoms with Crippen molar-refractivity contribution in [2.24, 2.45) is 0 Å². The van der Waals surface area contributed by atoms with Gasteiger partial charge in [0.2, 0.25) is 0 Å². The number of hydrogen-bond acceptors (Lipinski definition) is 2. The molecule has 9 aromatic rings. The number of rotatable bonds is 5. The SMILES string of the molecule is CC1(C)c2cc(-c3ccccc3)ccc2-c2ccc(-c3cccc(-c4cc(-c5cccc6c5-c5cc7ccccc7cc5C6(C)C)nc(-c5ccccc5)n4)c3)cc21. The van der Waals surface area contributed by atoms with Crippen LogP contribution in [-0.2, 0) is 10.8 Å². The molecule has 0 atom stereocenters. The van der Waals surface area contributed by atoms with Gasteiger partial charge >= 0.3 is 0 Å². The number of nitrogens with zero attached hydrogens (tertiary/aromatic N) is 2. The second kappa shape index (κ2) is 12.8. The second-order valence-corrected chi connectivity index (χ2v) is 17.0. The van der Waals surface area contributed by atoms with E-state index in [1.54, 1.807) is 0 Å². The summed E-state index contributed by atoms with van der Waals surface area (Å²) in [7, 11) is 0.